The molecule has 1 heterocycles. The number of nitrogens with zero attached hydrogens (tertiary/aromatic N) is 1. The largest absolute Gasteiger partial charge is 0.469 e. The lowest BCUT2D eigenvalue weighted by Gasteiger charge is -2.11. The summed E-state index contributed by atoms with van der Waals surface area (Å²) in [6.45, 7) is 1.96. The van der Waals surface area contributed by atoms with Gasteiger partial charge in [-0.2, -0.15) is 0 Å². The van der Waals surface area contributed by atoms with E-state index in [0.29, 0.717) is 0 Å². The maximum Gasteiger partial charge on any atom is 0.313 e. The smallest absolute Gasteiger partial charge is 0.313 e. The summed E-state index contributed by atoms with van der Waals surface area (Å²) in [4.78, 5) is 15.2. The van der Waals surface area contributed by atoms with E-state index in [0.717, 1.165) is 12.0 Å². The van der Waals surface area contributed by atoms with E-state index in [1.54, 1.807) is 12.4 Å². The minimum atomic E-state index is -0.186. The number of aromatic nitrogens is 1. The monoisotopic (exact) mass is 179 g/mol. The van der Waals surface area contributed by atoms with Gasteiger partial charge in [0, 0.05) is 12.4 Å². The van der Waals surface area contributed by atoms with E-state index in [1.165, 1.54) is 7.11 Å². The third-order valence-corrected chi connectivity index (χ3v) is 2.00. The van der Waals surface area contributed by atoms with Crippen molar-refractivity contribution in [3.63, 3.8) is 0 Å². The van der Waals surface area contributed by atoms with Gasteiger partial charge in [-0.15, -0.1) is 0 Å². The van der Waals surface area contributed by atoms with Crippen LogP contribution in [-0.2, 0) is 9.53 Å². The Morgan fingerprint density at radius 2 is 2.15 bits per heavy atom. The Labute approximate surface area is 77.8 Å². The molecule has 3 nitrogen and oxygen atoms in total. The summed E-state index contributed by atoms with van der Waals surface area (Å²) in [5.41, 5.74) is 0.962. The second-order valence-electron chi connectivity index (χ2n) is 2.76. The molecular weight excluding hydrogens is 166 g/mol. The Balaban J connectivity index is 2.85. The number of hydrogen-bond acceptors (Lipinski definition) is 3. The molecule has 0 saturated carbocycles. The van der Waals surface area contributed by atoms with Crippen molar-refractivity contribution in [2.45, 2.75) is 19.3 Å². The Morgan fingerprint density at radius 3 is 2.62 bits per heavy atom. The van der Waals surface area contributed by atoms with Gasteiger partial charge in [-0.1, -0.05) is 6.92 Å². The van der Waals surface area contributed by atoms with Crippen LogP contribution in [0.15, 0.2) is 24.5 Å². The fourth-order valence-corrected chi connectivity index (χ4v) is 1.28. The average molecular weight is 179 g/mol. The van der Waals surface area contributed by atoms with Crippen LogP contribution in [0.2, 0.25) is 0 Å². The Kier molecular flexibility index (Phi) is 3.43. The topological polar surface area (TPSA) is 39.2 Å². The molecule has 0 bridgehead atoms. The van der Waals surface area contributed by atoms with Crippen molar-refractivity contribution in [3.05, 3.63) is 30.1 Å². The number of esters is 1. The van der Waals surface area contributed by atoms with Gasteiger partial charge >= 0.3 is 5.97 Å². The van der Waals surface area contributed by atoms with Gasteiger partial charge in [-0.05, 0) is 24.1 Å². The molecule has 1 atom stereocenters. The normalized spacial score (nSPS) is 12.2. The highest BCUT2D eigenvalue weighted by atomic mass is 16.5. The van der Waals surface area contributed by atoms with Gasteiger partial charge in [0.15, 0.2) is 0 Å². The van der Waals surface area contributed by atoms with Crippen LogP contribution >= 0.6 is 0 Å². The fraction of sp³-hybridized carbons (Fsp3) is 0.400. The van der Waals surface area contributed by atoms with Crippen LogP contribution in [0, 0.1) is 0 Å². The minimum Gasteiger partial charge on any atom is -0.469 e. The van der Waals surface area contributed by atoms with E-state index < -0.39 is 0 Å². The van der Waals surface area contributed by atoms with E-state index >= 15 is 0 Å². The molecule has 0 amide bonds. The lowest BCUT2D eigenvalue weighted by Crippen LogP contribution is -2.13. The van der Waals surface area contributed by atoms with Crippen molar-refractivity contribution in [2.24, 2.45) is 0 Å². The molecule has 0 aromatic carbocycles. The summed E-state index contributed by atoms with van der Waals surface area (Å²) < 4.78 is 4.70. The Bertz CT molecular complexity index is 272. The summed E-state index contributed by atoms with van der Waals surface area (Å²) in [6, 6.07) is 3.68. The van der Waals surface area contributed by atoms with E-state index in [-0.39, 0.29) is 11.9 Å². The second kappa shape index (κ2) is 4.60. The molecule has 0 spiro atoms. The molecule has 0 saturated heterocycles. The van der Waals surface area contributed by atoms with Gasteiger partial charge in [0.2, 0.25) is 0 Å². The lowest BCUT2D eigenvalue weighted by atomic mass is 9.98. The van der Waals surface area contributed by atoms with E-state index in [9.17, 15) is 4.79 Å². The van der Waals surface area contributed by atoms with Gasteiger partial charge in [-0.25, -0.2) is 0 Å². The van der Waals surface area contributed by atoms with Crippen LogP contribution in [0.25, 0.3) is 0 Å². The summed E-state index contributed by atoms with van der Waals surface area (Å²) >= 11 is 0. The zero-order valence-electron chi connectivity index (χ0n) is 7.86. The number of pyridine rings is 1. The summed E-state index contributed by atoms with van der Waals surface area (Å²) in [5, 5.41) is 0. The first-order valence-electron chi connectivity index (χ1n) is 4.27. The standard InChI is InChI=1S/C10H13NO2/c1-3-9(10(12)13-2)8-4-6-11-7-5-8/h4-7,9H,3H2,1-2H3. The van der Waals surface area contributed by atoms with Crippen LogP contribution in [0.5, 0.6) is 0 Å². The minimum absolute atomic E-state index is 0.159. The van der Waals surface area contributed by atoms with E-state index in [1.807, 2.05) is 19.1 Å². The molecule has 0 radical (unpaired) electrons. The number of hydrogen-bond donors (Lipinski definition) is 0. The van der Waals surface area contributed by atoms with Gasteiger partial charge < -0.3 is 4.74 Å². The van der Waals surface area contributed by atoms with Gasteiger partial charge in [-0.3, -0.25) is 9.78 Å². The fourth-order valence-electron chi connectivity index (χ4n) is 1.28. The molecule has 1 rings (SSSR count). The van der Waals surface area contributed by atoms with Crippen LogP contribution in [0.3, 0.4) is 0 Å². The number of carbonyl (C=O) groups is 1. The molecule has 0 aliphatic heterocycles. The van der Waals surface area contributed by atoms with Crippen molar-refractivity contribution < 1.29 is 9.53 Å². The van der Waals surface area contributed by atoms with Crippen LogP contribution in [0.1, 0.15) is 24.8 Å². The average Bonchev–Trinajstić information content (AvgIpc) is 2.20. The maximum atomic E-state index is 11.3. The molecule has 0 N–H and O–H groups in total. The Morgan fingerprint density at radius 1 is 1.54 bits per heavy atom. The zero-order chi connectivity index (χ0) is 9.68. The molecule has 0 fully saturated rings. The molecular formula is C10H13NO2. The SMILES string of the molecule is CCC(C(=O)OC)c1ccncc1. The summed E-state index contributed by atoms with van der Waals surface area (Å²) in [6.07, 6.45) is 4.11. The van der Waals surface area contributed by atoms with Gasteiger partial charge in [0.05, 0.1) is 13.0 Å². The highest BCUT2D eigenvalue weighted by Crippen LogP contribution is 2.19. The second-order valence-corrected chi connectivity index (χ2v) is 2.76. The predicted molar refractivity (Wildman–Crippen MR) is 49.3 cm³/mol. The summed E-state index contributed by atoms with van der Waals surface area (Å²) in [7, 11) is 1.41. The molecule has 1 aromatic heterocycles. The van der Waals surface area contributed by atoms with Crippen molar-refractivity contribution in [2.75, 3.05) is 7.11 Å². The molecule has 13 heavy (non-hydrogen) atoms. The molecule has 1 unspecified atom stereocenters. The molecule has 0 aliphatic carbocycles. The first-order chi connectivity index (χ1) is 6.29. The van der Waals surface area contributed by atoms with Crippen LogP contribution in [0.4, 0.5) is 0 Å². The molecule has 1 aromatic rings. The third kappa shape index (κ3) is 2.28. The first kappa shape index (κ1) is 9.71. The highest BCUT2D eigenvalue weighted by molar-refractivity contribution is 5.77. The van der Waals surface area contributed by atoms with Crippen molar-refractivity contribution in [1.29, 1.82) is 0 Å². The number of carbonyl (C=O) groups excluding carboxylic acids is 1. The van der Waals surface area contributed by atoms with Gasteiger partial charge in [0.25, 0.3) is 0 Å². The third-order valence-electron chi connectivity index (χ3n) is 2.00. The number of rotatable bonds is 3. The van der Waals surface area contributed by atoms with E-state index in [2.05, 4.69) is 4.98 Å². The highest BCUT2D eigenvalue weighted by Gasteiger charge is 2.18. The number of methoxy groups -OCH3 is 1. The van der Waals surface area contributed by atoms with Crippen molar-refractivity contribution in [3.8, 4) is 0 Å². The maximum absolute atomic E-state index is 11.3. The molecule has 70 valence electrons. The van der Waals surface area contributed by atoms with E-state index in [4.69, 9.17) is 4.74 Å². The number of ether oxygens (including phenoxy) is 1. The van der Waals surface area contributed by atoms with Crippen LogP contribution < -0.4 is 0 Å². The van der Waals surface area contributed by atoms with Crippen LogP contribution in [-0.4, -0.2) is 18.1 Å². The molecule has 0 aliphatic rings. The lowest BCUT2D eigenvalue weighted by molar-refractivity contribution is -0.142. The zero-order valence-corrected chi connectivity index (χ0v) is 7.86. The van der Waals surface area contributed by atoms with Gasteiger partial charge in [0.1, 0.15) is 0 Å². The van der Waals surface area contributed by atoms with Crippen molar-refractivity contribution in [1.82, 2.24) is 4.98 Å². The first-order valence-corrected chi connectivity index (χ1v) is 4.27. The Hall–Kier alpha value is -1.38. The quantitative estimate of drug-likeness (QED) is 0.663. The predicted octanol–water partition coefficient (Wildman–Crippen LogP) is 1.75. The molecule has 3 heteroatoms. The summed E-state index contributed by atoms with van der Waals surface area (Å²) in [5.74, 6) is -0.346. The van der Waals surface area contributed by atoms with Crippen molar-refractivity contribution >= 4 is 5.97 Å².